The number of halogens is 2. The van der Waals surface area contributed by atoms with E-state index < -0.39 is 36.6 Å². The molecule has 0 saturated carbocycles. The average Bonchev–Trinajstić information content (AvgIpc) is 3.25. The SMILES string of the molecule is CC(=O)[C@@H](C)[C@@H](B1OC(C)(C)C(C)(C)O1)c1ccc(Br)cc1.CC(=O)[C@@H](C)[C@@H](B1OC(C)(C)C(C)(C)O1)c1ccc(Br)cc1. The minimum absolute atomic E-state index is 0.119. The fraction of sp³-hybridized carbons (Fsp3) is 0.588. The number of benzene rings is 2. The average molecular weight is 734 g/mol. The van der Waals surface area contributed by atoms with E-state index >= 15 is 0 Å². The highest BCUT2D eigenvalue weighted by molar-refractivity contribution is 9.10. The highest BCUT2D eigenvalue weighted by Gasteiger charge is 2.56. The first-order valence-electron chi connectivity index (χ1n) is 15.3. The summed E-state index contributed by atoms with van der Waals surface area (Å²) in [6, 6.07) is 16.1. The molecule has 0 unspecified atom stereocenters. The predicted octanol–water partition coefficient (Wildman–Crippen LogP) is 8.78. The van der Waals surface area contributed by atoms with Crippen LogP contribution in [0.25, 0.3) is 0 Å². The lowest BCUT2D eigenvalue weighted by Gasteiger charge is -2.32. The highest BCUT2D eigenvalue weighted by atomic mass is 79.9. The molecule has 2 saturated heterocycles. The van der Waals surface area contributed by atoms with Crippen LogP contribution >= 0.6 is 31.9 Å². The van der Waals surface area contributed by atoms with Crippen molar-refractivity contribution in [2.45, 2.75) is 117 Å². The maximum absolute atomic E-state index is 12.0. The van der Waals surface area contributed by atoms with Crippen LogP contribution in [0, 0.1) is 11.8 Å². The number of carbonyl (C=O) groups excluding carboxylic acids is 2. The van der Waals surface area contributed by atoms with Crippen molar-refractivity contribution in [3.63, 3.8) is 0 Å². The molecule has 2 heterocycles. The number of hydrogen-bond acceptors (Lipinski definition) is 6. The van der Waals surface area contributed by atoms with Crippen LogP contribution in [0.1, 0.15) is 106 Å². The third-order valence-corrected chi connectivity index (χ3v) is 11.1. The van der Waals surface area contributed by atoms with Crippen LogP contribution in [0.3, 0.4) is 0 Å². The Morgan fingerprint density at radius 2 is 0.773 bits per heavy atom. The lowest BCUT2D eigenvalue weighted by Crippen LogP contribution is -2.41. The van der Waals surface area contributed by atoms with E-state index in [0.717, 1.165) is 20.1 Å². The van der Waals surface area contributed by atoms with E-state index in [4.69, 9.17) is 18.6 Å². The van der Waals surface area contributed by atoms with Crippen molar-refractivity contribution in [2.24, 2.45) is 11.8 Å². The van der Waals surface area contributed by atoms with Crippen LogP contribution in [0.5, 0.6) is 0 Å². The van der Waals surface area contributed by atoms with E-state index in [-0.39, 0.29) is 35.0 Å². The molecule has 0 N–H and O–H groups in total. The van der Waals surface area contributed by atoms with E-state index in [2.05, 4.69) is 31.9 Å². The largest absolute Gasteiger partial charge is 0.466 e. The Morgan fingerprint density at radius 3 is 0.977 bits per heavy atom. The first kappa shape index (κ1) is 37.2. The normalized spacial score (nSPS) is 22.4. The van der Waals surface area contributed by atoms with Gasteiger partial charge < -0.3 is 18.6 Å². The van der Waals surface area contributed by atoms with E-state index in [1.807, 2.05) is 118 Å². The highest BCUT2D eigenvalue weighted by Crippen LogP contribution is 2.44. The zero-order chi connectivity index (χ0) is 33.4. The molecule has 0 bridgehead atoms. The maximum atomic E-state index is 12.0. The minimum Gasteiger partial charge on any atom is -0.403 e. The summed E-state index contributed by atoms with van der Waals surface area (Å²) in [7, 11) is -0.852. The number of carbonyl (C=O) groups is 2. The molecule has 10 heteroatoms. The summed E-state index contributed by atoms with van der Waals surface area (Å²) < 4.78 is 26.8. The molecular formula is C34H48B2Br2O6. The van der Waals surface area contributed by atoms with Crippen LogP contribution in [-0.2, 0) is 28.2 Å². The zero-order valence-electron chi connectivity index (χ0n) is 28.3. The topological polar surface area (TPSA) is 71.1 Å². The van der Waals surface area contributed by atoms with Crippen LogP contribution in [0.15, 0.2) is 57.5 Å². The Kier molecular flexibility index (Phi) is 11.7. The fourth-order valence-corrected chi connectivity index (χ4v) is 5.84. The van der Waals surface area contributed by atoms with E-state index in [0.29, 0.717) is 0 Å². The number of Topliss-reactive ketones (excluding diaryl/α,β-unsaturated/α-hetero) is 2. The Hall–Kier alpha value is -1.29. The quantitative estimate of drug-likeness (QED) is 0.253. The van der Waals surface area contributed by atoms with Gasteiger partial charge in [0.2, 0.25) is 0 Å². The van der Waals surface area contributed by atoms with Gasteiger partial charge in [-0.05, 0) is 105 Å². The lowest BCUT2D eigenvalue weighted by molar-refractivity contribution is -0.121. The van der Waals surface area contributed by atoms with Gasteiger partial charge in [-0.15, -0.1) is 0 Å². The summed E-state index contributed by atoms with van der Waals surface area (Å²) >= 11 is 6.90. The predicted molar refractivity (Wildman–Crippen MR) is 186 cm³/mol. The van der Waals surface area contributed by atoms with Crippen LogP contribution in [-0.4, -0.2) is 48.2 Å². The molecule has 0 radical (unpaired) electrons. The molecule has 0 spiro atoms. The van der Waals surface area contributed by atoms with Gasteiger partial charge in [0.15, 0.2) is 0 Å². The Balaban J connectivity index is 0.000000240. The maximum Gasteiger partial charge on any atom is 0.466 e. The van der Waals surface area contributed by atoms with Gasteiger partial charge in [-0.25, -0.2) is 0 Å². The van der Waals surface area contributed by atoms with Crippen molar-refractivity contribution in [1.82, 2.24) is 0 Å². The van der Waals surface area contributed by atoms with Crippen molar-refractivity contribution < 1.29 is 28.2 Å². The molecule has 2 aliphatic rings. The van der Waals surface area contributed by atoms with Gasteiger partial charge >= 0.3 is 14.2 Å². The molecule has 240 valence electrons. The Labute approximate surface area is 282 Å². The van der Waals surface area contributed by atoms with Gasteiger partial charge in [0.05, 0.1) is 22.4 Å². The summed E-state index contributed by atoms with van der Waals surface area (Å²) in [5.74, 6) is -0.296. The van der Waals surface area contributed by atoms with Gasteiger partial charge in [-0.3, -0.25) is 9.59 Å². The molecule has 2 fully saturated rings. The Morgan fingerprint density at radius 1 is 0.545 bits per heavy atom. The van der Waals surface area contributed by atoms with Crippen LogP contribution in [0.2, 0.25) is 0 Å². The van der Waals surface area contributed by atoms with Crippen molar-refractivity contribution in [1.29, 1.82) is 0 Å². The number of rotatable bonds is 8. The zero-order valence-corrected chi connectivity index (χ0v) is 31.5. The smallest absolute Gasteiger partial charge is 0.403 e. The molecule has 44 heavy (non-hydrogen) atoms. The second kappa shape index (κ2) is 13.8. The summed E-state index contributed by atoms with van der Waals surface area (Å²) in [4.78, 5) is 24.0. The van der Waals surface area contributed by atoms with E-state index in [1.165, 1.54) is 0 Å². The monoisotopic (exact) mass is 732 g/mol. The first-order valence-corrected chi connectivity index (χ1v) is 16.9. The Bertz CT molecular complexity index is 1180. The second-order valence-electron chi connectivity index (χ2n) is 14.2. The van der Waals surface area contributed by atoms with Crippen LogP contribution < -0.4 is 0 Å². The summed E-state index contributed by atoms with van der Waals surface area (Å²) in [6.07, 6.45) is 0. The van der Waals surface area contributed by atoms with Gasteiger partial charge in [0.25, 0.3) is 0 Å². The third kappa shape index (κ3) is 8.16. The van der Waals surface area contributed by atoms with E-state index in [9.17, 15) is 9.59 Å². The first-order chi connectivity index (χ1) is 20.1. The molecule has 0 aliphatic carbocycles. The molecule has 0 aromatic heterocycles. The van der Waals surface area contributed by atoms with Crippen molar-refractivity contribution in [2.75, 3.05) is 0 Å². The molecule has 2 aliphatic heterocycles. The summed E-state index contributed by atoms with van der Waals surface area (Å²) in [5.41, 5.74) is 0.515. The molecular weight excluding hydrogens is 686 g/mol. The van der Waals surface area contributed by atoms with Gasteiger partial charge in [0.1, 0.15) is 11.6 Å². The minimum atomic E-state index is -0.426. The molecule has 4 rings (SSSR count). The fourth-order valence-electron chi connectivity index (χ4n) is 5.31. The van der Waals surface area contributed by atoms with Crippen molar-refractivity contribution in [3.8, 4) is 0 Å². The third-order valence-electron chi connectivity index (χ3n) is 10.00. The second-order valence-corrected chi connectivity index (χ2v) is 16.0. The summed E-state index contributed by atoms with van der Waals surface area (Å²) in [5, 5.41) is 0. The molecule has 6 nitrogen and oxygen atoms in total. The summed E-state index contributed by atoms with van der Waals surface area (Å²) in [6.45, 7) is 23.4. The molecule has 2 aromatic carbocycles. The van der Waals surface area contributed by atoms with Gasteiger partial charge in [-0.2, -0.15) is 0 Å². The molecule has 4 atom stereocenters. The van der Waals surface area contributed by atoms with Gasteiger partial charge in [-0.1, -0.05) is 70.0 Å². The molecule has 0 amide bonds. The van der Waals surface area contributed by atoms with Crippen molar-refractivity contribution >= 4 is 57.7 Å². The molecule has 2 aromatic rings. The van der Waals surface area contributed by atoms with Gasteiger partial charge in [0, 0.05) is 32.4 Å². The standard InChI is InChI=1S/2C17H24BBrO3/c2*1-11(12(2)20)15(13-7-9-14(19)10-8-13)18-21-16(3,4)17(5,6)22-18/h2*7-11,15H,1-6H3/t2*11-,15-/m11/s1. The number of hydrogen-bond donors (Lipinski definition) is 0. The lowest BCUT2D eigenvalue weighted by atomic mass is 9.61. The van der Waals surface area contributed by atoms with Crippen molar-refractivity contribution in [3.05, 3.63) is 68.6 Å². The number of ketones is 2. The van der Waals surface area contributed by atoms with E-state index in [1.54, 1.807) is 13.8 Å². The van der Waals surface area contributed by atoms with Crippen LogP contribution in [0.4, 0.5) is 0 Å².